The highest BCUT2D eigenvalue weighted by Gasteiger charge is 2.29. The van der Waals surface area contributed by atoms with Crippen LogP contribution in [-0.2, 0) is 16.0 Å². The smallest absolute Gasteiger partial charge is 0.311 e. The third-order valence-corrected chi connectivity index (χ3v) is 6.98. The highest BCUT2D eigenvalue weighted by molar-refractivity contribution is 7.73. The van der Waals surface area contributed by atoms with Gasteiger partial charge in [0.25, 0.3) is 0 Å². The van der Waals surface area contributed by atoms with Crippen molar-refractivity contribution in [3.8, 4) is 5.75 Å². The Balaban J connectivity index is 1.77. The quantitative estimate of drug-likeness (QED) is 0.164. The molecule has 0 spiro atoms. The monoisotopic (exact) mass is 480 g/mol. The summed E-state index contributed by atoms with van der Waals surface area (Å²) in [6.07, 6.45) is 6.01. The summed E-state index contributed by atoms with van der Waals surface area (Å²) in [5.74, 6) is 0.959. The number of carbonyl (C=O) groups excluding carboxylic acids is 1. The molecule has 0 aliphatic rings. The number of esters is 1. The average molecular weight is 481 g/mol. The van der Waals surface area contributed by atoms with Gasteiger partial charge in [0, 0.05) is 10.1 Å². The van der Waals surface area contributed by atoms with Gasteiger partial charge in [0.2, 0.25) is 0 Å². The largest absolute Gasteiger partial charge is 0.494 e. The lowest BCUT2D eigenvalue weighted by Crippen LogP contribution is -2.27. The zero-order valence-corrected chi connectivity index (χ0v) is 21.7. The van der Waals surface area contributed by atoms with Gasteiger partial charge in [-0.15, -0.1) is 11.3 Å². The van der Waals surface area contributed by atoms with Crippen molar-refractivity contribution in [1.82, 2.24) is 0 Å². The van der Waals surface area contributed by atoms with E-state index < -0.39 is 5.41 Å². The zero-order valence-electron chi connectivity index (χ0n) is 20.1. The van der Waals surface area contributed by atoms with Crippen molar-refractivity contribution in [3.05, 3.63) is 33.4 Å². The van der Waals surface area contributed by atoms with E-state index in [0.717, 1.165) is 54.4 Å². The molecule has 0 unspecified atom stereocenters. The third kappa shape index (κ3) is 7.80. The SMILES string of the molecule is CCCc1c(F)c(=S)sc2ccc(OCCCCCOC(=O)C(C)(C)CCC(C)C)cc12. The van der Waals surface area contributed by atoms with E-state index in [0.29, 0.717) is 34.9 Å². The standard InChI is InChI=1S/C26H37FO3S2/c1-6-10-20-21-17-19(11-12-22(21)32-24(31)23(20)27)29-15-8-7-9-16-30-25(28)26(4,5)14-13-18(2)3/h11-12,17-18H,6-10,13-16H2,1-5H3. The van der Waals surface area contributed by atoms with Gasteiger partial charge >= 0.3 is 5.97 Å². The van der Waals surface area contributed by atoms with Crippen LogP contribution in [0.5, 0.6) is 5.75 Å². The second-order valence-corrected chi connectivity index (χ2v) is 11.2. The first-order valence-electron chi connectivity index (χ1n) is 11.7. The van der Waals surface area contributed by atoms with E-state index in [9.17, 15) is 9.18 Å². The molecule has 0 aliphatic carbocycles. The first-order valence-corrected chi connectivity index (χ1v) is 12.9. The highest BCUT2D eigenvalue weighted by atomic mass is 32.1. The summed E-state index contributed by atoms with van der Waals surface area (Å²) >= 11 is 6.48. The van der Waals surface area contributed by atoms with Gasteiger partial charge in [-0.1, -0.05) is 39.4 Å². The molecule has 0 aliphatic heterocycles. The Hall–Kier alpha value is -1.53. The first kappa shape index (κ1) is 26.7. The van der Waals surface area contributed by atoms with E-state index in [1.165, 1.54) is 11.3 Å². The summed E-state index contributed by atoms with van der Waals surface area (Å²) in [6, 6.07) is 5.81. The van der Waals surface area contributed by atoms with Gasteiger partial charge in [0.15, 0.2) is 5.82 Å². The second kappa shape index (κ2) is 12.6. The van der Waals surface area contributed by atoms with E-state index >= 15 is 0 Å². The lowest BCUT2D eigenvalue weighted by Gasteiger charge is -2.23. The van der Waals surface area contributed by atoms with Crippen LogP contribution in [0, 0.1) is 21.0 Å². The van der Waals surface area contributed by atoms with Gasteiger partial charge in [-0.3, -0.25) is 4.79 Å². The maximum Gasteiger partial charge on any atom is 0.311 e. The van der Waals surface area contributed by atoms with Crippen LogP contribution in [-0.4, -0.2) is 19.2 Å². The predicted octanol–water partition coefficient (Wildman–Crippen LogP) is 8.28. The fourth-order valence-electron chi connectivity index (χ4n) is 3.49. The molecule has 2 aromatic rings. The van der Waals surface area contributed by atoms with Crippen LogP contribution in [0.15, 0.2) is 18.2 Å². The summed E-state index contributed by atoms with van der Waals surface area (Å²) in [4.78, 5) is 12.3. The Kier molecular flexibility index (Phi) is 10.6. The zero-order chi connectivity index (χ0) is 23.7. The number of halogens is 1. The number of ether oxygens (including phenoxy) is 2. The van der Waals surface area contributed by atoms with E-state index in [-0.39, 0.29) is 11.8 Å². The van der Waals surface area contributed by atoms with Crippen molar-refractivity contribution in [2.75, 3.05) is 13.2 Å². The molecular formula is C26H37FO3S2. The van der Waals surface area contributed by atoms with Crippen molar-refractivity contribution >= 4 is 39.6 Å². The first-order chi connectivity index (χ1) is 15.2. The van der Waals surface area contributed by atoms with Crippen molar-refractivity contribution in [3.63, 3.8) is 0 Å². The van der Waals surface area contributed by atoms with Crippen LogP contribution in [0.2, 0.25) is 0 Å². The van der Waals surface area contributed by atoms with Crippen molar-refractivity contribution in [1.29, 1.82) is 0 Å². The molecule has 0 amide bonds. The van der Waals surface area contributed by atoms with Gasteiger partial charge in [-0.25, -0.2) is 4.39 Å². The van der Waals surface area contributed by atoms with Crippen LogP contribution >= 0.6 is 23.6 Å². The summed E-state index contributed by atoms with van der Waals surface area (Å²) in [7, 11) is 0. The number of hydrogen-bond acceptors (Lipinski definition) is 5. The molecule has 0 N–H and O–H groups in total. The van der Waals surface area contributed by atoms with E-state index in [4.69, 9.17) is 21.7 Å². The molecule has 1 heterocycles. The van der Waals surface area contributed by atoms with E-state index in [1.54, 1.807) is 0 Å². The fraction of sp³-hybridized carbons (Fsp3) is 0.615. The van der Waals surface area contributed by atoms with Crippen LogP contribution in [0.25, 0.3) is 10.1 Å². The van der Waals surface area contributed by atoms with Crippen LogP contribution in [0.1, 0.15) is 78.7 Å². The Labute approximate surface area is 201 Å². The maximum absolute atomic E-state index is 14.5. The minimum atomic E-state index is -0.424. The lowest BCUT2D eigenvalue weighted by molar-refractivity contribution is -0.154. The summed E-state index contributed by atoms with van der Waals surface area (Å²) in [6.45, 7) is 11.3. The molecule has 0 bridgehead atoms. The van der Waals surface area contributed by atoms with Gasteiger partial charge in [0.1, 0.15) is 9.57 Å². The number of aryl methyl sites for hydroxylation is 1. The van der Waals surface area contributed by atoms with E-state index in [1.807, 2.05) is 39.0 Å². The van der Waals surface area contributed by atoms with Crippen molar-refractivity contribution in [2.24, 2.45) is 11.3 Å². The summed E-state index contributed by atoms with van der Waals surface area (Å²) < 4.78 is 27.2. The molecule has 1 aromatic carbocycles. The molecule has 6 heteroatoms. The number of benzene rings is 1. The normalized spacial score (nSPS) is 11.8. The minimum Gasteiger partial charge on any atom is -0.494 e. The molecule has 0 fully saturated rings. The Morgan fingerprint density at radius 1 is 1.19 bits per heavy atom. The minimum absolute atomic E-state index is 0.107. The Morgan fingerprint density at radius 2 is 1.91 bits per heavy atom. The molecule has 2 rings (SSSR count). The molecule has 0 saturated heterocycles. The number of rotatable bonds is 13. The molecule has 3 nitrogen and oxygen atoms in total. The molecular weight excluding hydrogens is 443 g/mol. The van der Waals surface area contributed by atoms with Crippen LogP contribution in [0.4, 0.5) is 4.39 Å². The average Bonchev–Trinajstić information content (AvgIpc) is 2.75. The third-order valence-electron chi connectivity index (χ3n) is 5.61. The predicted molar refractivity (Wildman–Crippen MR) is 135 cm³/mol. The fourth-order valence-corrected chi connectivity index (χ4v) is 4.72. The topological polar surface area (TPSA) is 35.5 Å². The van der Waals surface area contributed by atoms with Crippen molar-refractivity contribution < 1.29 is 18.7 Å². The van der Waals surface area contributed by atoms with Crippen molar-refractivity contribution in [2.45, 2.75) is 79.6 Å². The van der Waals surface area contributed by atoms with Gasteiger partial charge in [0.05, 0.1) is 18.6 Å². The number of carbonyl (C=O) groups is 1. The summed E-state index contributed by atoms with van der Waals surface area (Å²) in [5.41, 5.74) is 0.265. The van der Waals surface area contributed by atoms with Gasteiger partial charge in [-0.2, -0.15) is 0 Å². The summed E-state index contributed by atoms with van der Waals surface area (Å²) in [5, 5.41) is 0.896. The van der Waals surface area contributed by atoms with Crippen LogP contribution in [0.3, 0.4) is 0 Å². The Morgan fingerprint density at radius 3 is 2.59 bits per heavy atom. The molecule has 0 atom stereocenters. The molecule has 1 aromatic heterocycles. The number of fused-ring (bicyclic) bond motifs is 1. The maximum atomic E-state index is 14.5. The van der Waals surface area contributed by atoms with E-state index in [2.05, 4.69) is 13.8 Å². The molecule has 178 valence electrons. The van der Waals surface area contributed by atoms with Crippen LogP contribution < -0.4 is 4.74 Å². The van der Waals surface area contributed by atoms with Gasteiger partial charge < -0.3 is 9.47 Å². The molecule has 0 saturated carbocycles. The number of hydrogen-bond donors (Lipinski definition) is 0. The second-order valence-electron chi connectivity index (χ2n) is 9.45. The molecule has 0 radical (unpaired) electrons. The van der Waals surface area contributed by atoms with Gasteiger partial charge in [-0.05, 0) is 82.1 Å². The lowest BCUT2D eigenvalue weighted by atomic mass is 9.85. The number of unbranched alkanes of at least 4 members (excludes halogenated alkanes) is 2. The molecule has 32 heavy (non-hydrogen) atoms. The highest BCUT2D eigenvalue weighted by Crippen LogP contribution is 2.31. The Bertz CT molecular complexity index is 950.